The van der Waals surface area contributed by atoms with Crippen molar-refractivity contribution >= 4 is 17.6 Å². The normalized spacial score (nSPS) is 24.8. The third-order valence-electron chi connectivity index (χ3n) is 7.71. The molecule has 1 aromatic carbocycles. The van der Waals surface area contributed by atoms with E-state index in [2.05, 4.69) is 15.9 Å². The van der Waals surface area contributed by atoms with Gasteiger partial charge in [-0.25, -0.2) is 0 Å². The number of aliphatic carboxylic acids is 1. The third-order valence-corrected chi connectivity index (χ3v) is 7.71. The van der Waals surface area contributed by atoms with E-state index in [1.54, 1.807) is 7.11 Å². The van der Waals surface area contributed by atoms with E-state index in [0.29, 0.717) is 5.91 Å². The summed E-state index contributed by atoms with van der Waals surface area (Å²) >= 11 is 0. The zero-order chi connectivity index (χ0) is 22.5. The van der Waals surface area contributed by atoms with E-state index in [-0.39, 0.29) is 24.2 Å². The van der Waals surface area contributed by atoms with E-state index in [9.17, 15) is 14.7 Å². The number of nitrogens with zero attached hydrogens (tertiary/aromatic N) is 3. The first-order valence-corrected chi connectivity index (χ1v) is 12.2. The van der Waals surface area contributed by atoms with Gasteiger partial charge < -0.3 is 19.6 Å². The lowest BCUT2D eigenvalue weighted by atomic mass is 9.79. The Kier molecular flexibility index (Phi) is 7.55. The molecule has 1 saturated carbocycles. The number of hydrogen-bond acceptors (Lipinski definition) is 5. The lowest BCUT2D eigenvalue weighted by Gasteiger charge is -2.42. The number of rotatable bonds is 8. The fourth-order valence-corrected chi connectivity index (χ4v) is 5.47. The van der Waals surface area contributed by atoms with Gasteiger partial charge in [-0.15, -0.1) is 0 Å². The molecule has 32 heavy (non-hydrogen) atoms. The Hall–Kier alpha value is -2.28. The summed E-state index contributed by atoms with van der Waals surface area (Å²) in [5.41, 5.74) is 1.15. The van der Waals surface area contributed by atoms with Crippen molar-refractivity contribution in [2.75, 3.05) is 57.8 Å². The summed E-state index contributed by atoms with van der Waals surface area (Å²) in [6.07, 6.45) is 5.20. The molecule has 176 valence electrons. The highest BCUT2D eigenvalue weighted by Crippen LogP contribution is 2.34. The number of benzene rings is 1. The average Bonchev–Trinajstić information content (AvgIpc) is 2.77. The van der Waals surface area contributed by atoms with E-state index in [1.165, 1.54) is 0 Å². The monoisotopic (exact) mass is 443 g/mol. The van der Waals surface area contributed by atoms with Crippen molar-refractivity contribution in [3.63, 3.8) is 0 Å². The second kappa shape index (κ2) is 10.6. The zero-order valence-electron chi connectivity index (χ0n) is 19.2. The van der Waals surface area contributed by atoms with Gasteiger partial charge in [0.05, 0.1) is 12.8 Å². The molecule has 0 aromatic heterocycles. The Bertz CT molecular complexity index is 789. The van der Waals surface area contributed by atoms with Crippen molar-refractivity contribution < 1.29 is 19.4 Å². The lowest BCUT2D eigenvalue weighted by molar-refractivity contribution is -0.142. The maximum atomic E-state index is 12.8. The number of methoxy groups -OCH3 is 1. The maximum absolute atomic E-state index is 12.8. The van der Waals surface area contributed by atoms with Crippen LogP contribution in [-0.4, -0.2) is 79.7 Å². The molecule has 0 unspecified atom stereocenters. The Morgan fingerprint density at radius 2 is 1.78 bits per heavy atom. The summed E-state index contributed by atoms with van der Waals surface area (Å²) in [5, 5.41) is 9.38. The molecule has 3 fully saturated rings. The smallest absolute Gasteiger partial charge is 0.303 e. The first-order chi connectivity index (χ1) is 15.5. The van der Waals surface area contributed by atoms with Crippen LogP contribution in [0.2, 0.25) is 0 Å². The molecule has 2 saturated heterocycles. The quantitative estimate of drug-likeness (QED) is 0.666. The fraction of sp³-hybridized carbons (Fsp3) is 0.680. The topological polar surface area (TPSA) is 73.3 Å². The fourth-order valence-electron chi connectivity index (χ4n) is 5.47. The number of piperazine rings is 1. The SMILES string of the molecule is COc1ccccc1N1CCN(CC[C@@H]2CN(C(=O)C3CCC3)CC[C@H]2CC(=O)O)CC1. The minimum absolute atomic E-state index is 0.174. The van der Waals surface area contributed by atoms with Crippen LogP contribution in [0.1, 0.15) is 38.5 Å². The molecule has 2 atom stereocenters. The van der Waals surface area contributed by atoms with E-state index in [0.717, 1.165) is 89.4 Å². The number of likely N-dealkylation sites (tertiary alicyclic amines) is 1. The van der Waals surface area contributed by atoms with Crippen molar-refractivity contribution in [1.82, 2.24) is 9.80 Å². The molecular formula is C25H37N3O4. The van der Waals surface area contributed by atoms with Gasteiger partial charge in [0.25, 0.3) is 0 Å². The summed E-state index contributed by atoms with van der Waals surface area (Å²) < 4.78 is 5.52. The highest BCUT2D eigenvalue weighted by atomic mass is 16.5. The average molecular weight is 444 g/mol. The summed E-state index contributed by atoms with van der Waals surface area (Å²) in [6.45, 7) is 6.30. The largest absolute Gasteiger partial charge is 0.495 e. The Labute approximate surface area is 191 Å². The molecular weight excluding hydrogens is 406 g/mol. The molecule has 2 aliphatic heterocycles. The molecule has 1 amide bonds. The Balaban J connectivity index is 1.30. The van der Waals surface area contributed by atoms with Crippen molar-refractivity contribution in [1.29, 1.82) is 0 Å². The van der Waals surface area contributed by atoms with Crippen LogP contribution in [0.5, 0.6) is 5.75 Å². The number of carboxylic acid groups (broad SMARTS) is 1. The maximum Gasteiger partial charge on any atom is 0.303 e. The van der Waals surface area contributed by atoms with Gasteiger partial charge >= 0.3 is 5.97 Å². The predicted molar refractivity (Wildman–Crippen MR) is 124 cm³/mol. The summed E-state index contributed by atoms with van der Waals surface area (Å²) in [5.74, 6) is 1.17. The number of para-hydroxylation sites is 2. The Morgan fingerprint density at radius 3 is 2.44 bits per heavy atom. The molecule has 2 heterocycles. The van der Waals surface area contributed by atoms with Crippen molar-refractivity contribution in [3.8, 4) is 5.75 Å². The van der Waals surface area contributed by atoms with Gasteiger partial charge in [0.1, 0.15) is 5.75 Å². The molecule has 1 aliphatic carbocycles. The van der Waals surface area contributed by atoms with Crippen LogP contribution in [0.3, 0.4) is 0 Å². The third kappa shape index (κ3) is 5.37. The second-order valence-electron chi connectivity index (χ2n) is 9.61. The molecule has 1 aromatic rings. The molecule has 7 heteroatoms. The van der Waals surface area contributed by atoms with Gasteiger partial charge in [0.15, 0.2) is 0 Å². The Morgan fingerprint density at radius 1 is 1.03 bits per heavy atom. The van der Waals surface area contributed by atoms with Gasteiger partial charge in [0.2, 0.25) is 5.91 Å². The van der Waals surface area contributed by atoms with Crippen molar-refractivity contribution in [2.24, 2.45) is 17.8 Å². The van der Waals surface area contributed by atoms with Crippen molar-refractivity contribution in [2.45, 2.75) is 38.5 Å². The molecule has 0 spiro atoms. The van der Waals surface area contributed by atoms with Crippen LogP contribution in [0.4, 0.5) is 5.69 Å². The number of carboxylic acids is 1. The van der Waals surface area contributed by atoms with Crippen molar-refractivity contribution in [3.05, 3.63) is 24.3 Å². The number of anilines is 1. The number of carbonyl (C=O) groups excluding carboxylic acids is 1. The van der Waals surface area contributed by atoms with Crippen LogP contribution in [-0.2, 0) is 9.59 Å². The minimum atomic E-state index is -0.718. The number of amides is 1. The van der Waals surface area contributed by atoms with E-state index in [4.69, 9.17) is 4.74 Å². The van der Waals surface area contributed by atoms with E-state index in [1.807, 2.05) is 23.1 Å². The molecule has 1 N–H and O–H groups in total. The first kappa shape index (κ1) is 22.9. The molecule has 4 rings (SSSR count). The number of carbonyl (C=O) groups is 2. The van der Waals surface area contributed by atoms with Crippen LogP contribution in [0.25, 0.3) is 0 Å². The van der Waals surface area contributed by atoms with Gasteiger partial charge in [-0.2, -0.15) is 0 Å². The number of hydrogen-bond donors (Lipinski definition) is 1. The summed E-state index contributed by atoms with van der Waals surface area (Å²) in [6, 6.07) is 8.16. The van der Waals surface area contributed by atoms with Crippen LogP contribution < -0.4 is 9.64 Å². The van der Waals surface area contributed by atoms with E-state index >= 15 is 0 Å². The van der Waals surface area contributed by atoms with Gasteiger partial charge in [-0.1, -0.05) is 18.6 Å². The standard InChI is InChI=1S/C25H37N3O4/c1-32-23-8-3-2-7-22(23)27-15-13-26(14-16-27)11-9-21-18-28(25(31)19-5-4-6-19)12-10-20(21)17-24(29)30/h2-3,7-8,19-21H,4-6,9-18H2,1H3,(H,29,30)/t20-,21+/m0/s1. The van der Waals surface area contributed by atoms with Gasteiger partial charge in [-0.05, 0) is 56.2 Å². The highest BCUT2D eigenvalue weighted by Gasteiger charge is 2.36. The van der Waals surface area contributed by atoms with Crippen LogP contribution >= 0.6 is 0 Å². The number of piperidine rings is 1. The number of ether oxygens (including phenoxy) is 1. The van der Waals surface area contributed by atoms with Gasteiger partial charge in [-0.3, -0.25) is 14.5 Å². The molecule has 3 aliphatic rings. The minimum Gasteiger partial charge on any atom is -0.495 e. The molecule has 0 radical (unpaired) electrons. The molecule has 7 nitrogen and oxygen atoms in total. The van der Waals surface area contributed by atoms with Crippen LogP contribution in [0.15, 0.2) is 24.3 Å². The first-order valence-electron chi connectivity index (χ1n) is 12.2. The second-order valence-corrected chi connectivity index (χ2v) is 9.61. The molecule has 0 bridgehead atoms. The zero-order valence-corrected chi connectivity index (χ0v) is 19.2. The summed E-state index contributed by atoms with van der Waals surface area (Å²) in [4.78, 5) is 31.1. The van der Waals surface area contributed by atoms with E-state index < -0.39 is 5.97 Å². The summed E-state index contributed by atoms with van der Waals surface area (Å²) in [7, 11) is 1.71. The highest BCUT2D eigenvalue weighted by molar-refractivity contribution is 5.79. The van der Waals surface area contributed by atoms with Crippen LogP contribution in [0, 0.1) is 17.8 Å². The predicted octanol–water partition coefficient (Wildman–Crippen LogP) is 2.95. The van der Waals surface area contributed by atoms with Gasteiger partial charge in [0, 0.05) is 51.6 Å². The lowest BCUT2D eigenvalue weighted by Crippen LogP contribution is -2.50.